The van der Waals surface area contributed by atoms with Crippen molar-refractivity contribution in [1.82, 2.24) is 15.1 Å². The predicted octanol–water partition coefficient (Wildman–Crippen LogP) is 4.24. The summed E-state index contributed by atoms with van der Waals surface area (Å²) in [5.41, 5.74) is 1.06. The zero-order valence-corrected chi connectivity index (χ0v) is 11.4. The van der Waals surface area contributed by atoms with Crippen molar-refractivity contribution >= 4 is 23.2 Å². The highest BCUT2D eigenvalue weighted by molar-refractivity contribution is 6.31. The summed E-state index contributed by atoms with van der Waals surface area (Å²) in [6.45, 7) is 0. The van der Waals surface area contributed by atoms with Crippen molar-refractivity contribution in [3.05, 3.63) is 52.4 Å². The van der Waals surface area contributed by atoms with E-state index in [0.29, 0.717) is 22.1 Å². The van der Waals surface area contributed by atoms with Crippen LogP contribution < -0.4 is 0 Å². The van der Waals surface area contributed by atoms with Gasteiger partial charge < -0.3 is 4.52 Å². The van der Waals surface area contributed by atoms with Gasteiger partial charge in [0.25, 0.3) is 5.89 Å². The molecule has 3 aromatic rings. The highest BCUT2D eigenvalue weighted by atomic mass is 35.5. The van der Waals surface area contributed by atoms with Crippen LogP contribution in [0.5, 0.6) is 0 Å². The zero-order chi connectivity index (χ0) is 14.1. The van der Waals surface area contributed by atoms with E-state index in [4.69, 9.17) is 27.7 Å². The van der Waals surface area contributed by atoms with Gasteiger partial charge in [-0.2, -0.15) is 4.98 Å². The fraction of sp³-hybridized carbons (Fsp3) is 0. The number of halogens is 3. The molecule has 2 heterocycles. The Balaban J connectivity index is 1.97. The van der Waals surface area contributed by atoms with E-state index in [1.165, 1.54) is 24.4 Å². The number of aromatic nitrogens is 3. The molecule has 2 aromatic heterocycles. The van der Waals surface area contributed by atoms with Crippen molar-refractivity contribution in [2.75, 3.05) is 0 Å². The number of nitrogens with zero attached hydrogens (tertiary/aromatic N) is 3. The first-order valence-electron chi connectivity index (χ1n) is 5.54. The molecular weight excluding hydrogens is 304 g/mol. The maximum absolute atomic E-state index is 13.1. The number of pyridine rings is 1. The lowest BCUT2D eigenvalue weighted by atomic mass is 10.2. The minimum absolute atomic E-state index is 0.00753. The largest absolute Gasteiger partial charge is 0.334 e. The molecule has 0 N–H and O–H groups in total. The quantitative estimate of drug-likeness (QED) is 0.710. The molecule has 4 nitrogen and oxygen atoms in total. The summed E-state index contributed by atoms with van der Waals surface area (Å²) < 4.78 is 18.2. The number of rotatable bonds is 2. The molecule has 0 saturated heterocycles. The fourth-order valence-electron chi connectivity index (χ4n) is 1.58. The minimum atomic E-state index is -0.505. The van der Waals surface area contributed by atoms with Gasteiger partial charge in [0, 0.05) is 11.8 Å². The van der Waals surface area contributed by atoms with E-state index in [1.807, 2.05) is 0 Å². The Morgan fingerprint density at radius 2 is 1.95 bits per heavy atom. The Bertz CT molecular complexity index is 759. The van der Waals surface area contributed by atoms with Gasteiger partial charge in [-0.3, -0.25) is 4.98 Å². The molecule has 0 amide bonds. The standard InChI is InChI=1S/C13H6Cl2FN3O/c14-8-2-4-11(17-6-8)12-18-13(20-19-12)7-1-3-10(16)9(15)5-7/h1-6H. The first kappa shape index (κ1) is 13.0. The Labute approximate surface area is 123 Å². The Morgan fingerprint density at radius 1 is 1.10 bits per heavy atom. The minimum Gasteiger partial charge on any atom is -0.334 e. The van der Waals surface area contributed by atoms with Gasteiger partial charge in [-0.15, -0.1) is 0 Å². The Hall–Kier alpha value is -1.98. The Kier molecular flexibility index (Phi) is 3.38. The van der Waals surface area contributed by atoms with Crippen LogP contribution in [0.3, 0.4) is 0 Å². The van der Waals surface area contributed by atoms with Gasteiger partial charge >= 0.3 is 0 Å². The number of hydrogen-bond acceptors (Lipinski definition) is 4. The molecule has 0 atom stereocenters. The number of benzene rings is 1. The van der Waals surface area contributed by atoms with E-state index >= 15 is 0 Å². The van der Waals surface area contributed by atoms with Gasteiger partial charge in [0.05, 0.1) is 10.0 Å². The van der Waals surface area contributed by atoms with Crippen molar-refractivity contribution in [1.29, 1.82) is 0 Å². The highest BCUT2D eigenvalue weighted by Gasteiger charge is 2.13. The molecular formula is C13H6Cl2FN3O. The molecule has 0 fully saturated rings. The monoisotopic (exact) mass is 309 g/mol. The second-order valence-corrected chi connectivity index (χ2v) is 4.76. The summed E-state index contributed by atoms with van der Waals surface area (Å²) >= 11 is 11.5. The highest BCUT2D eigenvalue weighted by Crippen LogP contribution is 2.25. The van der Waals surface area contributed by atoms with Crippen LogP contribution in [-0.2, 0) is 0 Å². The van der Waals surface area contributed by atoms with Crippen molar-refractivity contribution in [3.63, 3.8) is 0 Å². The summed E-state index contributed by atoms with van der Waals surface area (Å²) in [6.07, 6.45) is 1.49. The van der Waals surface area contributed by atoms with Crippen molar-refractivity contribution in [3.8, 4) is 23.0 Å². The van der Waals surface area contributed by atoms with Crippen LogP contribution in [0.4, 0.5) is 4.39 Å². The van der Waals surface area contributed by atoms with Crippen molar-refractivity contribution in [2.24, 2.45) is 0 Å². The maximum Gasteiger partial charge on any atom is 0.258 e. The molecule has 0 unspecified atom stereocenters. The average molecular weight is 310 g/mol. The maximum atomic E-state index is 13.1. The fourth-order valence-corrected chi connectivity index (χ4v) is 1.87. The second-order valence-electron chi connectivity index (χ2n) is 3.91. The summed E-state index contributed by atoms with van der Waals surface area (Å²) in [7, 11) is 0. The third kappa shape index (κ3) is 2.50. The van der Waals surface area contributed by atoms with E-state index < -0.39 is 5.82 Å². The van der Waals surface area contributed by atoms with E-state index in [9.17, 15) is 4.39 Å². The van der Waals surface area contributed by atoms with Gasteiger partial charge in [-0.1, -0.05) is 28.4 Å². The molecule has 0 bridgehead atoms. The molecule has 100 valence electrons. The van der Waals surface area contributed by atoms with E-state index in [0.717, 1.165) is 0 Å². The lowest BCUT2D eigenvalue weighted by Crippen LogP contribution is -1.85. The van der Waals surface area contributed by atoms with Crippen LogP contribution in [0.25, 0.3) is 23.0 Å². The van der Waals surface area contributed by atoms with Crippen LogP contribution in [-0.4, -0.2) is 15.1 Å². The summed E-state index contributed by atoms with van der Waals surface area (Å²) in [6, 6.07) is 7.52. The molecule has 0 aliphatic heterocycles. The second kappa shape index (κ2) is 5.19. The molecule has 20 heavy (non-hydrogen) atoms. The molecule has 0 aliphatic carbocycles. The predicted molar refractivity (Wildman–Crippen MR) is 72.9 cm³/mol. The van der Waals surface area contributed by atoms with Gasteiger partial charge in [0.2, 0.25) is 5.82 Å². The molecule has 1 aromatic carbocycles. The van der Waals surface area contributed by atoms with E-state index in [-0.39, 0.29) is 10.9 Å². The summed E-state index contributed by atoms with van der Waals surface area (Å²) in [5, 5.41) is 4.32. The SMILES string of the molecule is Fc1ccc(-c2nc(-c3ccc(Cl)cn3)no2)cc1Cl. The number of hydrogen-bond donors (Lipinski definition) is 0. The van der Waals surface area contributed by atoms with Gasteiger partial charge in [-0.05, 0) is 30.3 Å². The summed E-state index contributed by atoms with van der Waals surface area (Å²) in [5.74, 6) is 0.0466. The van der Waals surface area contributed by atoms with Crippen molar-refractivity contribution in [2.45, 2.75) is 0 Å². The average Bonchev–Trinajstić information content (AvgIpc) is 2.92. The third-order valence-electron chi connectivity index (χ3n) is 2.55. The molecule has 7 heteroatoms. The van der Waals surface area contributed by atoms with Crippen LogP contribution in [0, 0.1) is 5.82 Å². The van der Waals surface area contributed by atoms with Crippen LogP contribution in [0.1, 0.15) is 0 Å². The normalized spacial score (nSPS) is 10.8. The topological polar surface area (TPSA) is 51.8 Å². The lowest BCUT2D eigenvalue weighted by molar-refractivity contribution is 0.432. The first-order valence-corrected chi connectivity index (χ1v) is 6.30. The van der Waals surface area contributed by atoms with E-state index in [2.05, 4.69) is 15.1 Å². The van der Waals surface area contributed by atoms with Crippen LogP contribution in [0.15, 0.2) is 41.1 Å². The molecule has 0 aliphatic rings. The van der Waals surface area contributed by atoms with Gasteiger partial charge in [0.1, 0.15) is 11.5 Å². The molecule has 0 saturated carbocycles. The Morgan fingerprint density at radius 3 is 2.65 bits per heavy atom. The van der Waals surface area contributed by atoms with Crippen LogP contribution in [0.2, 0.25) is 10.0 Å². The van der Waals surface area contributed by atoms with Gasteiger partial charge in [-0.25, -0.2) is 4.39 Å². The van der Waals surface area contributed by atoms with Crippen molar-refractivity contribution < 1.29 is 8.91 Å². The molecule has 0 radical (unpaired) electrons. The third-order valence-corrected chi connectivity index (χ3v) is 3.06. The first-order chi connectivity index (χ1) is 9.63. The molecule has 0 spiro atoms. The zero-order valence-electron chi connectivity index (χ0n) is 9.85. The molecule has 3 rings (SSSR count). The lowest BCUT2D eigenvalue weighted by Gasteiger charge is -1.96. The van der Waals surface area contributed by atoms with Crippen LogP contribution >= 0.6 is 23.2 Å². The summed E-state index contributed by atoms with van der Waals surface area (Å²) in [4.78, 5) is 8.27. The van der Waals surface area contributed by atoms with Gasteiger partial charge in [0.15, 0.2) is 0 Å². The smallest absolute Gasteiger partial charge is 0.258 e. The van der Waals surface area contributed by atoms with E-state index in [1.54, 1.807) is 12.1 Å².